The van der Waals surface area contributed by atoms with Gasteiger partial charge in [0.05, 0.1) is 5.56 Å². The first kappa shape index (κ1) is 13.9. The molecule has 0 atom stereocenters. The first-order valence-corrected chi connectivity index (χ1v) is 7.57. The molecule has 18 heavy (non-hydrogen) atoms. The topological polar surface area (TPSA) is 40.5 Å². The zero-order valence-corrected chi connectivity index (χ0v) is 12.8. The van der Waals surface area contributed by atoms with Gasteiger partial charge in [-0.1, -0.05) is 0 Å². The van der Waals surface area contributed by atoms with Crippen LogP contribution in [-0.4, -0.2) is 34.9 Å². The van der Waals surface area contributed by atoms with Crippen molar-refractivity contribution in [3.05, 3.63) is 27.3 Å². The Hall–Kier alpha value is -0.490. The number of carbonyl (C=O) groups excluding carboxylic acids is 1. The van der Waals surface area contributed by atoms with Crippen molar-refractivity contribution in [3.8, 4) is 5.75 Å². The number of piperidine rings is 1. The minimum Gasteiger partial charge on any atom is -0.507 e. The predicted molar refractivity (Wildman–Crippen MR) is 80.2 cm³/mol. The van der Waals surface area contributed by atoms with Gasteiger partial charge in [-0.25, -0.2) is 0 Å². The molecule has 1 aliphatic rings. The summed E-state index contributed by atoms with van der Waals surface area (Å²) in [5.74, 6) is 1.15. The highest BCUT2D eigenvalue weighted by Gasteiger charge is 2.24. The summed E-state index contributed by atoms with van der Waals surface area (Å²) in [6.07, 6.45) is 1.89. The summed E-state index contributed by atoms with van der Waals surface area (Å²) in [6.45, 7) is 1.45. The summed E-state index contributed by atoms with van der Waals surface area (Å²) in [6, 6.07) is 5.08. The third-order valence-corrected chi connectivity index (χ3v) is 4.42. The van der Waals surface area contributed by atoms with E-state index in [4.69, 9.17) is 11.6 Å². The number of benzene rings is 1. The Balaban J connectivity index is 2.10. The van der Waals surface area contributed by atoms with Gasteiger partial charge in [0.15, 0.2) is 0 Å². The van der Waals surface area contributed by atoms with Crippen LogP contribution in [0.4, 0.5) is 0 Å². The average Bonchev–Trinajstić information content (AvgIpc) is 2.41. The van der Waals surface area contributed by atoms with Gasteiger partial charge in [0.2, 0.25) is 0 Å². The number of hydrogen-bond acceptors (Lipinski definition) is 2. The Morgan fingerprint density at radius 1 is 1.44 bits per heavy atom. The number of phenols is 1. The van der Waals surface area contributed by atoms with Gasteiger partial charge in [0, 0.05) is 22.5 Å². The Morgan fingerprint density at radius 2 is 2.11 bits per heavy atom. The monoisotopic (exact) mass is 379 g/mol. The SMILES string of the molecule is O=C(c1cc(I)ccc1O)N1CCC(CCl)CC1. The molecular formula is C13H15ClINO2. The summed E-state index contributed by atoms with van der Waals surface area (Å²) >= 11 is 7.96. The van der Waals surface area contributed by atoms with E-state index in [9.17, 15) is 9.90 Å². The number of aromatic hydroxyl groups is 1. The van der Waals surface area contributed by atoms with E-state index in [1.807, 2.05) is 0 Å². The summed E-state index contributed by atoms with van der Waals surface area (Å²) in [4.78, 5) is 14.1. The van der Waals surface area contributed by atoms with Crippen molar-refractivity contribution >= 4 is 40.1 Å². The number of carbonyl (C=O) groups is 1. The highest BCUT2D eigenvalue weighted by Crippen LogP contribution is 2.24. The Kier molecular flexibility index (Phi) is 4.72. The summed E-state index contributed by atoms with van der Waals surface area (Å²) in [5.41, 5.74) is 0.395. The summed E-state index contributed by atoms with van der Waals surface area (Å²) in [5, 5.41) is 9.76. The molecule has 0 radical (unpaired) electrons. The molecule has 1 aromatic carbocycles. The summed E-state index contributed by atoms with van der Waals surface area (Å²) < 4.78 is 0.949. The van der Waals surface area contributed by atoms with Gasteiger partial charge < -0.3 is 10.0 Å². The third kappa shape index (κ3) is 3.09. The molecule has 98 valence electrons. The molecule has 0 aliphatic carbocycles. The van der Waals surface area contributed by atoms with Crippen LogP contribution in [0.5, 0.6) is 5.75 Å². The summed E-state index contributed by atoms with van der Waals surface area (Å²) in [7, 11) is 0. The number of phenolic OH excluding ortho intramolecular Hbond substituents is 1. The standard InChI is InChI=1S/C13H15ClINO2/c14-8-9-3-5-16(6-4-9)13(18)11-7-10(15)1-2-12(11)17/h1-2,7,9,17H,3-6,8H2. The zero-order chi connectivity index (χ0) is 13.1. The molecule has 1 amide bonds. The molecule has 3 nitrogen and oxygen atoms in total. The van der Waals surface area contributed by atoms with Crippen molar-refractivity contribution in [2.45, 2.75) is 12.8 Å². The maximum Gasteiger partial charge on any atom is 0.257 e. The fourth-order valence-corrected chi connectivity index (χ4v) is 2.94. The van der Waals surface area contributed by atoms with Crippen molar-refractivity contribution in [1.29, 1.82) is 0 Å². The van der Waals surface area contributed by atoms with Crippen LogP contribution in [0.15, 0.2) is 18.2 Å². The average molecular weight is 380 g/mol. The van der Waals surface area contributed by atoms with Gasteiger partial charge in [0.1, 0.15) is 5.75 Å². The van der Waals surface area contributed by atoms with Crippen molar-refractivity contribution < 1.29 is 9.90 Å². The molecule has 0 aromatic heterocycles. The quantitative estimate of drug-likeness (QED) is 0.634. The van der Waals surface area contributed by atoms with E-state index in [0.29, 0.717) is 17.4 Å². The third-order valence-electron chi connectivity index (χ3n) is 3.31. The van der Waals surface area contributed by atoms with Crippen molar-refractivity contribution in [2.75, 3.05) is 19.0 Å². The van der Waals surface area contributed by atoms with Crippen LogP contribution in [-0.2, 0) is 0 Å². The highest BCUT2D eigenvalue weighted by atomic mass is 127. The molecule has 1 N–H and O–H groups in total. The number of halogens is 2. The lowest BCUT2D eigenvalue weighted by molar-refractivity contribution is 0.0695. The zero-order valence-electron chi connectivity index (χ0n) is 9.90. The van der Waals surface area contributed by atoms with E-state index in [1.54, 1.807) is 23.1 Å². The molecule has 1 fully saturated rings. The smallest absolute Gasteiger partial charge is 0.257 e. The minimum atomic E-state index is -0.0842. The largest absolute Gasteiger partial charge is 0.507 e. The lowest BCUT2D eigenvalue weighted by atomic mass is 9.98. The molecular weight excluding hydrogens is 365 g/mol. The molecule has 1 aliphatic heterocycles. The molecule has 5 heteroatoms. The van der Waals surface area contributed by atoms with Crippen LogP contribution in [0.3, 0.4) is 0 Å². The number of nitrogens with zero attached hydrogens (tertiary/aromatic N) is 1. The van der Waals surface area contributed by atoms with E-state index in [2.05, 4.69) is 22.6 Å². The Bertz CT molecular complexity index is 445. The molecule has 1 saturated heterocycles. The van der Waals surface area contributed by atoms with Crippen LogP contribution < -0.4 is 0 Å². The van der Waals surface area contributed by atoms with Crippen molar-refractivity contribution in [1.82, 2.24) is 4.90 Å². The number of rotatable bonds is 2. The Labute approximate surface area is 125 Å². The number of amides is 1. The fraction of sp³-hybridized carbons (Fsp3) is 0.462. The molecule has 1 heterocycles. The molecule has 0 bridgehead atoms. The van der Waals surface area contributed by atoms with E-state index in [1.165, 1.54) is 0 Å². The first-order valence-electron chi connectivity index (χ1n) is 5.95. The minimum absolute atomic E-state index is 0.0554. The first-order chi connectivity index (χ1) is 8.61. The van der Waals surface area contributed by atoms with Crippen LogP contribution in [0.1, 0.15) is 23.2 Å². The van der Waals surface area contributed by atoms with Gasteiger partial charge >= 0.3 is 0 Å². The van der Waals surface area contributed by atoms with Gasteiger partial charge in [-0.05, 0) is 59.5 Å². The van der Waals surface area contributed by atoms with E-state index in [-0.39, 0.29) is 11.7 Å². The number of likely N-dealkylation sites (tertiary alicyclic amines) is 1. The van der Waals surface area contributed by atoms with Gasteiger partial charge in [-0.2, -0.15) is 0 Å². The molecule has 1 aromatic rings. The lowest BCUT2D eigenvalue weighted by Gasteiger charge is -2.31. The van der Waals surface area contributed by atoms with Crippen molar-refractivity contribution in [2.24, 2.45) is 5.92 Å². The van der Waals surface area contributed by atoms with Crippen LogP contribution in [0.2, 0.25) is 0 Å². The maximum absolute atomic E-state index is 12.3. The normalized spacial score (nSPS) is 16.9. The molecule has 2 rings (SSSR count). The fourth-order valence-electron chi connectivity index (χ4n) is 2.14. The van der Waals surface area contributed by atoms with Gasteiger partial charge in [-0.15, -0.1) is 11.6 Å². The second kappa shape index (κ2) is 6.10. The van der Waals surface area contributed by atoms with Crippen LogP contribution in [0.25, 0.3) is 0 Å². The van der Waals surface area contributed by atoms with E-state index < -0.39 is 0 Å². The van der Waals surface area contributed by atoms with Crippen molar-refractivity contribution in [3.63, 3.8) is 0 Å². The van der Waals surface area contributed by atoms with Gasteiger partial charge in [-0.3, -0.25) is 4.79 Å². The lowest BCUT2D eigenvalue weighted by Crippen LogP contribution is -2.38. The van der Waals surface area contributed by atoms with Crippen LogP contribution >= 0.6 is 34.2 Å². The second-order valence-electron chi connectivity index (χ2n) is 4.55. The highest BCUT2D eigenvalue weighted by molar-refractivity contribution is 14.1. The second-order valence-corrected chi connectivity index (χ2v) is 6.11. The van der Waals surface area contributed by atoms with Crippen LogP contribution in [0, 0.1) is 9.49 Å². The van der Waals surface area contributed by atoms with Gasteiger partial charge in [0.25, 0.3) is 5.91 Å². The van der Waals surface area contributed by atoms with E-state index >= 15 is 0 Å². The molecule has 0 saturated carbocycles. The molecule has 0 spiro atoms. The predicted octanol–water partition coefficient (Wildman–Crippen LogP) is 3.09. The molecule has 0 unspecified atom stereocenters. The Morgan fingerprint density at radius 3 is 2.72 bits per heavy atom. The maximum atomic E-state index is 12.3. The van der Waals surface area contributed by atoms with E-state index in [0.717, 1.165) is 29.5 Å². The number of hydrogen-bond donors (Lipinski definition) is 1. The number of alkyl halides is 1.